The number of carbonyl (C=O) groups is 2. The van der Waals surface area contributed by atoms with Crippen molar-refractivity contribution in [2.75, 3.05) is 6.54 Å². The summed E-state index contributed by atoms with van der Waals surface area (Å²) >= 11 is 0. The van der Waals surface area contributed by atoms with Gasteiger partial charge in [0, 0.05) is 12.6 Å². The average Bonchev–Trinajstić information content (AvgIpc) is 2.53. The fraction of sp³-hybridized carbons (Fsp3) is 0.857. The summed E-state index contributed by atoms with van der Waals surface area (Å²) in [5, 5.41) is 14.9. The lowest BCUT2D eigenvalue weighted by Crippen LogP contribution is -2.47. The number of carboxylic acids is 1. The van der Waals surface area contributed by atoms with E-state index in [1.807, 2.05) is 0 Å². The fourth-order valence-corrected chi connectivity index (χ4v) is 2.47. The Morgan fingerprint density at radius 1 is 1.21 bits per heavy atom. The Morgan fingerprint density at radius 2 is 1.89 bits per heavy atom. The summed E-state index contributed by atoms with van der Waals surface area (Å²) in [4.78, 5) is 23.0. The Hall–Kier alpha value is -1.26. The van der Waals surface area contributed by atoms with Crippen molar-refractivity contribution in [1.82, 2.24) is 10.6 Å². The summed E-state index contributed by atoms with van der Waals surface area (Å²) < 4.78 is 0. The molecule has 110 valence electrons. The zero-order chi connectivity index (χ0) is 14.3. The van der Waals surface area contributed by atoms with Gasteiger partial charge in [0.05, 0.1) is 5.92 Å². The van der Waals surface area contributed by atoms with Crippen LogP contribution in [-0.2, 0) is 4.79 Å². The zero-order valence-corrected chi connectivity index (χ0v) is 11.9. The van der Waals surface area contributed by atoms with Crippen LogP contribution in [0.1, 0.15) is 52.4 Å². The maximum absolute atomic E-state index is 11.8. The SMILES string of the molecule is CC(C)CCNC(=O)NC1CCCCCC1C(=O)O. The molecule has 0 aromatic heterocycles. The van der Waals surface area contributed by atoms with E-state index in [-0.39, 0.29) is 12.1 Å². The van der Waals surface area contributed by atoms with E-state index in [1.54, 1.807) is 0 Å². The van der Waals surface area contributed by atoms with E-state index < -0.39 is 11.9 Å². The molecule has 5 nitrogen and oxygen atoms in total. The Morgan fingerprint density at radius 3 is 2.53 bits per heavy atom. The number of hydrogen-bond donors (Lipinski definition) is 3. The summed E-state index contributed by atoms with van der Waals surface area (Å²) in [6, 6.07) is -0.474. The molecule has 1 saturated carbocycles. The summed E-state index contributed by atoms with van der Waals surface area (Å²) in [5.74, 6) is -0.697. The van der Waals surface area contributed by atoms with Gasteiger partial charge in [0.25, 0.3) is 0 Å². The van der Waals surface area contributed by atoms with Crippen LogP contribution in [0.4, 0.5) is 4.79 Å². The van der Waals surface area contributed by atoms with E-state index in [0.29, 0.717) is 18.9 Å². The normalized spacial score (nSPS) is 23.7. The van der Waals surface area contributed by atoms with Gasteiger partial charge in [-0.05, 0) is 25.2 Å². The predicted molar refractivity (Wildman–Crippen MR) is 74.0 cm³/mol. The second-order valence-corrected chi connectivity index (χ2v) is 5.77. The van der Waals surface area contributed by atoms with Crippen LogP contribution in [0, 0.1) is 11.8 Å². The highest BCUT2D eigenvalue weighted by molar-refractivity contribution is 5.76. The summed E-state index contributed by atoms with van der Waals surface area (Å²) in [5.41, 5.74) is 0. The Balaban J connectivity index is 2.42. The van der Waals surface area contributed by atoms with Crippen molar-refractivity contribution in [1.29, 1.82) is 0 Å². The highest BCUT2D eigenvalue weighted by Gasteiger charge is 2.30. The molecule has 0 aromatic rings. The Bertz CT molecular complexity index is 305. The lowest BCUT2D eigenvalue weighted by Gasteiger charge is -2.23. The Kier molecular flexibility index (Phi) is 6.67. The van der Waals surface area contributed by atoms with Crippen LogP contribution in [-0.4, -0.2) is 29.7 Å². The standard InChI is InChI=1S/C14H26N2O3/c1-10(2)8-9-15-14(19)16-12-7-5-3-4-6-11(12)13(17)18/h10-12H,3-9H2,1-2H3,(H,17,18)(H2,15,16,19). The zero-order valence-electron chi connectivity index (χ0n) is 11.9. The van der Waals surface area contributed by atoms with Crippen LogP contribution >= 0.6 is 0 Å². The van der Waals surface area contributed by atoms with Gasteiger partial charge in [-0.2, -0.15) is 0 Å². The number of aliphatic carboxylic acids is 1. The molecule has 5 heteroatoms. The minimum absolute atomic E-state index is 0.237. The van der Waals surface area contributed by atoms with E-state index in [2.05, 4.69) is 24.5 Å². The maximum Gasteiger partial charge on any atom is 0.315 e. The van der Waals surface area contributed by atoms with Crippen molar-refractivity contribution in [3.05, 3.63) is 0 Å². The van der Waals surface area contributed by atoms with Gasteiger partial charge in [0.1, 0.15) is 0 Å². The third kappa shape index (κ3) is 5.94. The van der Waals surface area contributed by atoms with Crippen LogP contribution in [0.15, 0.2) is 0 Å². The van der Waals surface area contributed by atoms with Crippen molar-refractivity contribution in [2.45, 2.75) is 58.4 Å². The number of rotatable bonds is 5. The lowest BCUT2D eigenvalue weighted by molar-refractivity contribution is -0.142. The lowest BCUT2D eigenvalue weighted by atomic mass is 9.95. The van der Waals surface area contributed by atoms with Gasteiger partial charge >= 0.3 is 12.0 Å². The number of carboxylic acid groups (broad SMARTS) is 1. The largest absolute Gasteiger partial charge is 0.481 e. The van der Waals surface area contributed by atoms with Crippen LogP contribution in [0.5, 0.6) is 0 Å². The quantitative estimate of drug-likeness (QED) is 0.671. The first kappa shape index (κ1) is 15.8. The van der Waals surface area contributed by atoms with Crippen molar-refractivity contribution in [3.8, 4) is 0 Å². The van der Waals surface area contributed by atoms with Gasteiger partial charge in [0.2, 0.25) is 0 Å². The number of nitrogens with one attached hydrogen (secondary N) is 2. The first-order valence-corrected chi connectivity index (χ1v) is 7.28. The molecule has 0 spiro atoms. The summed E-state index contributed by atoms with van der Waals surface area (Å²) in [6.07, 6.45) is 5.32. The van der Waals surface area contributed by atoms with E-state index in [0.717, 1.165) is 32.1 Å². The summed E-state index contributed by atoms with van der Waals surface area (Å²) in [7, 11) is 0. The molecule has 1 fully saturated rings. The third-order valence-electron chi connectivity index (χ3n) is 3.66. The van der Waals surface area contributed by atoms with Crippen molar-refractivity contribution < 1.29 is 14.7 Å². The molecule has 2 unspecified atom stereocenters. The van der Waals surface area contributed by atoms with Crippen molar-refractivity contribution >= 4 is 12.0 Å². The molecule has 3 N–H and O–H groups in total. The van der Waals surface area contributed by atoms with Crippen LogP contribution < -0.4 is 10.6 Å². The molecule has 0 heterocycles. The fourth-order valence-electron chi connectivity index (χ4n) is 2.47. The van der Waals surface area contributed by atoms with Gasteiger partial charge in [0.15, 0.2) is 0 Å². The molecule has 2 amide bonds. The van der Waals surface area contributed by atoms with Gasteiger partial charge in [-0.15, -0.1) is 0 Å². The number of amides is 2. The van der Waals surface area contributed by atoms with E-state index in [9.17, 15) is 14.7 Å². The van der Waals surface area contributed by atoms with Gasteiger partial charge in [-0.1, -0.05) is 33.1 Å². The first-order valence-electron chi connectivity index (χ1n) is 7.28. The Labute approximate surface area is 115 Å². The topological polar surface area (TPSA) is 78.4 Å². The minimum atomic E-state index is -0.797. The minimum Gasteiger partial charge on any atom is -0.481 e. The van der Waals surface area contributed by atoms with Gasteiger partial charge in [-0.3, -0.25) is 4.79 Å². The molecule has 0 radical (unpaired) electrons. The third-order valence-corrected chi connectivity index (χ3v) is 3.66. The summed E-state index contributed by atoms with van der Waals surface area (Å²) in [6.45, 7) is 4.84. The molecule has 0 aromatic carbocycles. The molecule has 19 heavy (non-hydrogen) atoms. The first-order chi connectivity index (χ1) is 9.00. The van der Waals surface area contributed by atoms with Crippen LogP contribution in [0.2, 0.25) is 0 Å². The monoisotopic (exact) mass is 270 g/mol. The van der Waals surface area contributed by atoms with Crippen LogP contribution in [0.3, 0.4) is 0 Å². The molecule has 2 atom stereocenters. The predicted octanol–water partition coefficient (Wildman–Crippen LogP) is 2.37. The molecule has 1 aliphatic carbocycles. The van der Waals surface area contributed by atoms with Crippen LogP contribution in [0.25, 0.3) is 0 Å². The highest BCUT2D eigenvalue weighted by Crippen LogP contribution is 2.23. The molecule has 0 aliphatic heterocycles. The van der Waals surface area contributed by atoms with Gasteiger partial charge in [-0.25, -0.2) is 4.79 Å². The second-order valence-electron chi connectivity index (χ2n) is 5.77. The molecule has 1 aliphatic rings. The molecule has 0 saturated heterocycles. The molecule has 1 rings (SSSR count). The number of carbonyl (C=O) groups excluding carboxylic acids is 1. The molecular formula is C14H26N2O3. The number of hydrogen-bond acceptors (Lipinski definition) is 2. The van der Waals surface area contributed by atoms with Crippen molar-refractivity contribution in [3.63, 3.8) is 0 Å². The average molecular weight is 270 g/mol. The van der Waals surface area contributed by atoms with E-state index in [4.69, 9.17) is 0 Å². The molecular weight excluding hydrogens is 244 g/mol. The number of urea groups is 1. The maximum atomic E-state index is 11.8. The second kappa shape index (κ2) is 8.02. The van der Waals surface area contributed by atoms with Crippen molar-refractivity contribution in [2.24, 2.45) is 11.8 Å². The van der Waals surface area contributed by atoms with Gasteiger partial charge < -0.3 is 15.7 Å². The van der Waals surface area contributed by atoms with E-state index in [1.165, 1.54) is 0 Å². The molecule has 0 bridgehead atoms. The van der Waals surface area contributed by atoms with E-state index >= 15 is 0 Å². The smallest absolute Gasteiger partial charge is 0.315 e. The highest BCUT2D eigenvalue weighted by atomic mass is 16.4.